The van der Waals surface area contributed by atoms with Crippen LogP contribution >= 0.6 is 23.4 Å². The van der Waals surface area contributed by atoms with Gasteiger partial charge in [0.2, 0.25) is 0 Å². The Morgan fingerprint density at radius 1 is 1.44 bits per heavy atom. The maximum Gasteiger partial charge on any atom is 0.0624 e. The number of likely N-dealkylation sites (N-methyl/N-ethyl adjacent to an activating group) is 1. The standard InChI is InChI=1S/C14H20ClNOS/c1-16-14(9-17,12-6-7-12)10-18-8-11-4-2-3-5-13(11)15/h2-5,12,16-17H,6-10H2,1H3. The molecule has 1 aromatic rings. The Balaban J connectivity index is 1.89. The average Bonchev–Trinajstić information content (AvgIpc) is 3.22. The third kappa shape index (κ3) is 3.21. The molecular formula is C14H20ClNOS. The zero-order valence-corrected chi connectivity index (χ0v) is 12.2. The predicted octanol–water partition coefficient (Wildman–Crippen LogP) is 2.93. The van der Waals surface area contributed by atoms with Crippen LogP contribution in [0.5, 0.6) is 0 Å². The number of hydrogen-bond acceptors (Lipinski definition) is 3. The molecule has 0 heterocycles. The molecule has 0 radical (unpaired) electrons. The first-order valence-electron chi connectivity index (χ1n) is 6.33. The van der Waals surface area contributed by atoms with Crippen molar-refractivity contribution in [1.29, 1.82) is 0 Å². The van der Waals surface area contributed by atoms with E-state index >= 15 is 0 Å². The van der Waals surface area contributed by atoms with Gasteiger partial charge in [-0.05, 0) is 37.4 Å². The number of rotatable bonds is 7. The Labute approximate surface area is 118 Å². The number of aliphatic hydroxyl groups is 1. The lowest BCUT2D eigenvalue weighted by Crippen LogP contribution is -2.51. The van der Waals surface area contributed by atoms with Crippen molar-refractivity contribution in [3.63, 3.8) is 0 Å². The number of aliphatic hydroxyl groups excluding tert-OH is 1. The summed E-state index contributed by atoms with van der Waals surface area (Å²) >= 11 is 7.98. The Morgan fingerprint density at radius 3 is 2.72 bits per heavy atom. The van der Waals surface area contributed by atoms with Crippen LogP contribution in [0.4, 0.5) is 0 Å². The highest BCUT2D eigenvalue weighted by atomic mass is 35.5. The summed E-state index contributed by atoms with van der Waals surface area (Å²) in [5, 5.41) is 13.8. The molecule has 1 aromatic carbocycles. The van der Waals surface area contributed by atoms with E-state index in [1.54, 1.807) is 0 Å². The Kier molecular flexibility index (Phi) is 4.96. The second kappa shape index (κ2) is 6.29. The van der Waals surface area contributed by atoms with Crippen LogP contribution in [0.2, 0.25) is 5.02 Å². The van der Waals surface area contributed by atoms with Crippen LogP contribution in [-0.4, -0.2) is 30.1 Å². The molecule has 0 aromatic heterocycles. The van der Waals surface area contributed by atoms with Gasteiger partial charge >= 0.3 is 0 Å². The molecule has 0 amide bonds. The van der Waals surface area contributed by atoms with Gasteiger partial charge in [-0.3, -0.25) is 0 Å². The minimum atomic E-state index is -0.105. The Hall–Kier alpha value is -0.220. The third-order valence-corrected chi connectivity index (χ3v) is 5.32. The van der Waals surface area contributed by atoms with Crippen LogP contribution < -0.4 is 5.32 Å². The van der Waals surface area contributed by atoms with Crippen LogP contribution in [-0.2, 0) is 5.75 Å². The van der Waals surface area contributed by atoms with Gasteiger partial charge in [-0.15, -0.1) is 0 Å². The molecule has 1 aliphatic carbocycles. The van der Waals surface area contributed by atoms with Crippen LogP contribution in [0.15, 0.2) is 24.3 Å². The van der Waals surface area contributed by atoms with Crippen molar-refractivity contribution in [3.05, 3.63) is 34.9 Å². The summed E-state index contributed by atoms with van der Waals surface area (Å²) in [7, 11) is 1.95. The second-order valence-corrected chi connectivity index (χ2v) is 6.32. The smallest absolute Gasteiger partial charge is 0.0624 e. The van der Waals surface area contributed by atoms with Crippen LogP contribution in [0.25, 0.3) is 0 Å². The first-order valence-corrected chi connectivity index (χ1v) is 7.86. The summed E-state index contributed by atoms with van der Waals surface area (Å²) in [4.78, 5) is 0. The van der Waals surface area contributed by atoms with E-state index in [0.29, 0.717) is 5.92 Å². The first kappa shape index (κ1) is 14.2. The Morgan fingerprint density at radius 2 is 2.17 bits per heavy atom. The van der Waals surface area contributed by atoms with E-state index in [0.717, 1.165) is 16.5 Å². The summed E-state index contributed by atoms with van der Waals surface area (Å²) in [6.07, 6.45) is 2.46. The fourth-order valence-electron chi connectivity index (χ4n) is 2.24. The van der Waals surface area contributed by atoms with Gasteiger partial charge in [-0.25, -0.2) is 0 Å². The van der Waals surface area contributed by atoms with Crippen molar-refractivity contribution in [2.24, 2.45) is 5.92 Å². The molecule has 0 aliphatic heterocycles. The molecule has 1 fully saturated rings. The van der Waals surface area contributed by atoms with Crippen LogP contribution in [0.3, 0.4) is 0 Å². The molecule has 1 aliphatic rings. The lowest BCUT2D eigenvalue weighted by Gasteiger charge is -2.31. The van der Waals surface area contributed by atoms with Gasteiger partial charge in [0.25, 0.3) is 0 Å². The van der Waals surface area contributed by atoms with Crippen LogP contribution in [0.1, 0.15) is 18.4 Å². The van der Waals surface area contributed by atoms with Gasteiger partial charge in [0.05, 0.1) is 12.1 Å². The van der Waals surface area contributed by atoms with Crippen molar-refractivity contribution in [1.82, 2.24) is 5.32 Å². The monoisotopic (exact) mass is 285 g/mol. The second-order valence-electron chi connectivity index (χ2n) is 4.92. The van der Waals surface area contributed by atoms with Crippen LogP contribution in [0, 0.1) is 5.92 Å². The molecule has 2 N–H and O–H groups in total. The molecule has 0 spiro atoms. The molecule has 100 valence electrons. The summed E-state index contributed by atoms with van der Waals surface area (Å²) in [6, 6.07) is 7.95. The molecule has 1 unspecified atom stereocenters. The van der Waals surface area contributed by atoms with E-state index in [1.165, 1.54) is 18.4 Å². The molecular weight excluding hydrogens is 266 g/mol. The minimum absolute atomic E-state index is 0.105. The van der Waals surface area contributed by atoms with Crippen molar-refractivity contribution < 1.29 is 5.11 Å². The quantitative estimate of drug-likeness (QED) is 0.808. The van der Waals surface area contributed by atoms with Gasteiger partial charge < -0.3 is 10.4 Å². The van der Waals surface area contributed by atoms with Gasteiger partial charge in [-0.2, -0.15) is 11.8 Å². The molecule has 1 atom stereocenters. The van der Waals surface area contributed by atoms with Gasteiger partial charge in [0.15, 0.2) is 0 Å². The number of hydrogen-bond donors (Lipinski definition) is 2. The highest BCUT2D eigenvalue weighted by Gasteiger charge is 2.43. The van der Waals surface area contributed by atoms with Gasteiger partial charge in [0, 0.05) is 16.5 Å². The van der Waals surface area contributed by atoms with Gasteiger partial charge in [0.1, 0.15) is 0 Å². The molecule has 4 heteroatoms. The van der Waals surface area contributed by atoms with E-state index in [2.05, 4.69) is 11.4 Å². The van der Waals surface area contributed by atoms with Crippen molar-refractivity contribution in [2.45, 2.75) is 24.1 Å². The molecule has 1 saturated carbocycles. The van der Waals surface area contributed by atoms with E-state index in [9.17, 15) is 5.11 Å². The maximum absolute atomic E-state index is 9.64. The minimum Gasteiger partial charge on any atom is -0.394 e. The predicted molar refractivity (Wildman–Crippen MR) is 79.2 cm³/mol. The number of halogens is 1. The topological polar surface area (TPSA) is 32.3 Å². The SMILES string of the molecule is CNC(CO)(CSCc1ccccc1Cl)C1CC1. The molecule has 2 rings (SSSR count). The van der Waals surface area contributed by atoms with E-state index < -0.39 is 0 Å². The zero-order valence-electron chi connectivity index (χ0n) is 10.7. The number of thioether (sulfide) groups is 1. The summed E-state index contributed by atoms with van der Waals surface area (Å²) < 4.78 is 0. The van der Waals surface area contributed by atoms with E-state index in [1.807, 2.05) is 37.0 Å². The summed E-state index contributed by atoms with van der Waals surface area (Å²) in [5.41, 5.74) is 1.06. The molecule has 18 heavy (non-hydrogen) atoms. The van der Waals surface area contributed by atoms with Gasteiger partial charge in [-0.1, -0.05) is 29.8 Å². The highest BCUT2D eigenvalue weighted by Crippen LogP contribution is 2.41. The fourth-order valence-corrected chi connectivity index (χ4v) is 3.93. The maximum atomic E-state index is 9.64. The Bertz CT molecular complexity index is 391. The lowest BCUT2D eigenvalue weighted by atomic mass is 9.97. The van der Waals surface area contributed by atoms with Crippen molar-refractivity contribution in [2.75, 3.05) is 19.4 Å². The normalized spacial score (nSPS) is 18.6. The molecule has 0 saturated heterocycles. The number of nitrogens with one attached hydrogen (secondary N) is 1. The largest absolute Gasteiger partial charge is 0.394 e. The third-order valence-electron chi connectivity index (χ3n) is 3.71. The summed E-state index contributed by atoms with van der Waals surface area (Å²) in [5.74, 6) is 2.46. The molecule has 2 nitrogen and oxygen atoms in total. The average molecular weight is 286 g/mol. The van der Waals surface area contributed by atoms with Crippen molar-refractivity contribution >= 4 is 23.4 Å². The lowest BCUT2D eigenvalue weighted by molar-refractivity contribution is 0.167. The van der Waals surface area contributed by atoms with Crippen molar-refractivity contribution in [3.8, 4) is 0 Å². The fraction of sp³-hybridized carbons (Fsp3) is 0.571. The first-order chi connectivity index (χ1) is 8.72. The van der Waals surface area contributed by atoms with E-state index in [4.69, 9.17) is 11.6 Å². The summed E-state index contributed by atoms with van der Waals surface area (Å²) in [6.45, 7) is 0.212. The highest BCUT2D eigenvalue weighted by molar-refractivity contribution is 7.98. The number of benzene rings is 1. The zero-order chi connectivity index (χ0) is 13.0. The van der Waals surface area contributed by atoms with E-state index in [-0.39, 0.29) is 12.1 Å². The molecule has 0 bridgehead atoms.